The molecular weight excluding hydrogens is 274 g/mol. The Bertz CT molecular complexity index is 611. The predicted octanol–water partition coefficient (Wildman–Crippen LogP) is 2.06. The summed E-state index contributed by atoms with van der Waals surface area (Å²) in [5.74, 6) is 0. The fourth-order valence-electron chi connectivity index (χ4n) is 3.61. The Kier molecular flexibility index (Phi) is 3.19. The van der Waals surface area contributed by atoms with E-state index in [0.717, 1.165) is 24.8 Å². The van der Waals surface area contributed by atoms with E-state index in [-0.39, 0.29) is 11.6 Å². The van der Waals surface area contributed by atoms with Crippen LogP contribution in [-0.2, 0) is 10.0 Å². The highest BCUT2D eigenvalue weighted by Gasteiger charge is 2.54. The molecule has 20 heavy (non-hydrogen) atoms. The molecule has 0 aromatic heterocycles. The van der Waals surface area contributed by atoms with Gasteiger partial charge in [-0.3, -0.25) is 0 Å². The first-order chi connectivity index (χ1) is 9.34. The number of fused-ring (bicyclic) bond motifs is 2. The molecule has 2 fully saturated rings. The third-order valence-electron chi connectivity index (χ3n) is 4.81. The first-order valence-corrected chi connectivity index (χ1v) is 8.58. The summed E-state index contributed by atoms with van der Waals surface area (Å²) in [6.07, 6.45) is 2.48. The SMILES string of the molecule is Cc1ccc(S(=O)(=O)N2[C@H]3CCC2(C)CC[C@H]3O)cc1. The molecule has 1 aromatic rings. The highest BCUT2D eigenvalue weighted by Crippen LogP contribution is 2.46. The minimum Gasteiger partial charge on any atom is -0.391 e. The lowest BCUT2D eigenvalue weighted by molar-refractivity contribution is 0.0294. The molecule has 0 spiro atoms. The van der Waals surface area contributed by atoms with E-state index in [9.17, 15) is 13.5 Å². The molecule has 0 radical (unpaired) electrons. The van der Waals surface area contributed by atoms with Crippen molar-refractivity contribution >= 4 is 10.0 Å². The van der Waals surface area contributed by atoms with Gasteiger partial charge in [0.1, 0.15) is 0 Å². The van der Waals surface area contributed by atoms with E-state index in [4.69, 9.17) is 0 Å². The van der Waals surface area contributed by atoms with Crippen LogP contribution in [0.2, 0.25) is 0 Å². The van der Waals surface area contributed by atoms with Crippen LogP contribution in [0.25, 0.3) is 0 Å². The molecule has 3 rings (SSSR count). The molecule has 1 N–H and O–H groups in total. The largest absolute Gasteiger partial charge is 0.391 e. The van der Waals surface area contributed by atoms with Gasteiger partial charge in [0.25, 0.3) is 0 Å². The fraction of sp³-hybridized carbons (Fsp3) is 0.600. The van der Waals surface area contributed by atoms with E-state index in [1.165, 1.54) is 0 Å². The second kappa shape index (κ2) is 4.55. The third-order valence-corrected chi connectivity index (χ3v) is 6.91. The Morgan fingerprint density at radius 3 is 2.45 bits per heavy atom. The van der Waals surface area contributed by atoms with Crippen LogP contribution in [-0.4, -0.2) is 35.5 Å². The molecule has 1 aromatic carbocycles. The zero-order chi connectivity index (χ0) is 14.5. The van der Waals surface area contributed by atoms with E-state index in [1.54, 1.807) is 16.4 Å². The summed E-state index contributed by atoms with van der Waals surface area (Å²) < 4.78 is 27.4. The number of nitrogens with zero attached hydrogens (tertiary/aromatic N) is 1. The number of aliphatic hydroxyl groups excluding tert-OH is 1. The smallest absolute Gasteiger partial charge is 0.243 e. The van der Waals surface area contributed by atoms with Crippen LogP contribution in [0.5, 0.6) is 0 Å². The monoisotopic (exact) mass is 295 g/mol. The second-order valence-corrected chi connectivity index (χ2v) is 8.14. The molecule has 2 saturated heterocycles. The quantitative estimate of drug-likeness (QED) is 0.908. The molecule has 3 atom stereocenters. The second-order valence-electron chi connectivity index (χ2n) is 6.32. The molecule has 0 aliphatic carbocycles. The van der Waals surface area contributed by atoms with Gasteiger partial charge in [-0.15, -0.1) is 0 Å². The van der Waals surface area contributed by atoms with Gasteiger partial charge >= 0.3 is 0 Å². The fourth-order valence-corrected chi connectivity index (χ4v) is 5.69. The van der Waals surface area contributed by atoms with Crippen molar-refractivity contribution in [3.05, 3.63) is 29.8 Å². The normalized spacial score (nSPS) is 34.4. The number of piperidine rings is 1. The molecule has 1 unspecified atom stereocenters. The molecule has 2 bridgehead atoms. The minimum atomic E-state index is -3.53. The molecule has 2 aliphatic rings. The molecule has 2 heterocycles. The maximum atomic E-state index is 12.9. The molecule has 110 valence electrons. The van der Waals surface area contributed by atoms with Gasteiger partial charge < -0.3 is 5.11 Å². The number of benzene rings is 1. The molecular formula is C15H21NO3S. The van der Waals surface area contributed by atoms with Crippen LogP contribution < -0.4 is 0 Å². The Morgan fingerprint density at radius 1 is 1.20 bits per heavy atom. The number of hydrogen-bond donors (Lipinski definition) is 1. The first-order valence-electron chi connectivity index (χ1n) is 7.14. The van der Waals surface area contributed by atoms with Gasteiger partial charge in [0.05, 0.1) is 17.0 Å². The predicted molar refractivity (Wildman–Crippen MR) is 76.9 cm³/mol. The van der Waals surface area contributed by atoms with Crippen LogP contribution in [0.1, 0.15) is 38.2 Å². The summed E-state index contributed by atoms with van der Waals surface area (Å²) in [4.78, 5) is 0.329. The Balaban J connectivity index is 2.05. The summed E-state index contributed by atoms with van der Waals surface area (Å²) in [6, 6.07) is 6.69. The number of aliphatic hydroxyl groups is 1. The van der Waals surface area contributed by atoms with Crippen molar-refractivity contribution in [2.75, 3.05) is 0 Å². The van der Waals surface area contributed by atoms with E-state index < -0.39 is 16.1 Å². The summed E-state index contributed by atoms with van der Waals surface area (Å²) in [5, 5.41) is 10.1. The lowest BCUT2D eigenvalue weighted by Gasteiger charge is -2.43. The summed E-state index contributed by atoms with van der Waals surface area (Å²) in [7, 11) is -3.53. The molecule has 4 nitrogen and oxygen atoms in total. The van der Waals surface area contributed by atoms with Crippen LogP contribution in [0.3, 0.4) is 0 Å². The summed E-state index contributed by atoms with van der Waals surface area (Å²) in [6.45, 7) is 3.94. The zero-order valence-electron chi connectivity index (χ0n) is 11.9. The average Bonchev–Trinajstić information content (AvgIpc) is 2.68. The lowest BCUT2D eigenvalue weighted by atomic mass is 9.92. The third kappa shape index (κ3) is 2.00. The van der Waals surface area contributed by atoms with Crippen molar-refractivity contribution in [3.63, 3.8) is 0 Å². The highest BCUT2D eigenvalue weighted by atomic mass is 32.2. The first kappa shape index (κ1) is 14.0. The van der Waals surface area contributed by atoms with Gasteiger partial charge in [0.15, 0.2) is 0 Å². The Labute approximate surface area is 120 Å². The number of hydrogen-bond acceptors (Lipinski definition) is 3. The van der Waals surface area contributed by atoms with E-state index >= 15 is 0 Å². The molecule has 0 amide bonds. The number of sulfonamides is 1. The van der Waals surface area contributed by atoms with Gasteiger partial charge in [-0.25, -0.2) is 8.42 Å². The van der Waals surface area contributed by atoms with Crippen molar-refractivity contribution in [2.45, 2.75) is 62.1 Å². The Morgan fingerprint density at radius 2 is 1.80 bits per heavy atom. The Hall–Kier alpha value is -0.910. The maximum Gasteiger partial charge on any atom is 0.243 e. The molecule has 0 saturated carbocycles. The van der Waals surface area contributed by atoms with Gasteiger partial charge in [0.2, 0.25) is 10.0 Å². The van der Waals surface area contributed by atoms with E-state index in [0.29, 0.717) is 11.3 Å². The zero-order valence-corrected chi connectivity index (χ0v) is 12.7. The molecule has 5 heteroatoms. The average molecular weight is 295 g/mol. The lowest BCUT2D eigenvalue weighted by Crippen LogP contribution is -2.56. The maximum absolute atomic E-state index is 12.9. The van der Waals surface area contributed by atoms with Crippen LogP contribution in [0, 0.1) is 6.92 Å². The van der Waals surface area contributed by atoms with Crippen molar-refractivity contribution in [3.8, 4) is 0 Å². The van der Waals surface area contributed by atoms with Gasteiger partial charge in [-0.05, 0) is 51.7 Å². The van der Waals surface area contributed by atoms with Crippen LogP contribution in [0.4, 0.5) is 0 Å². The summed E-state index contributed by atoms with van der Waals surface area (Å²) in [5.41, 5.74) is 0.699. The number of aryl methyl sites for hydroxylation is 1. The van der Waals surface area contributed by atoms with Crippen molar-refractivity contribution in [1.29, 1.82) is 0 Å². The van der Waals surface area contributed by atoms with Crippen LogP contribution >= 0.6 is 0 Å². The number of rotatable bonds is 2. The summed E-state index contributed by atoms with van der Waals surface area (Å²) >= 11 is 0. The molecule has 2 aliphatic heterocycles. The standard InChI is InChI=1S/C15H21NO3S/c1-11-3-5-12(6-4-11)20(18,19)16-13-7-9-15(16,2)10-8-14(13)17/h3-6,13-14,17H,7-10H2,1-2H3/t13-,14+,15?/m0/s1. The van der Waals surface area contributed by atoms with Gasteiger partial charge in [-0.1, -0.05) is 17.7 Å². The van der Waals surface area contributed by atoms with Crippen molar-refractivity contribution in [2.24, 2.45) is 0 Å². The highest BCUT2D eigenvalue weighted by molar-refractivity contribution is 7.89. The van der Waals surface area contributed by atoms with Crippen LogP contribution in [0.15, 0.2) is 29.2 Å². The van der Waals surface area contributed by atoms with Gasteiger partial charge in [0, 0.05) is 5.54 Å². The van der Waals surface area contributed by atoms with E-state index in [1.807, 2.05) is 26.0 Å². The minimum absolute atomic E-state index is 0.264. The van der Waals surface area contributed by atoms with Gasteiger partial charge in [-0.2, -0.15) is 4.31 Å². The topological polar surface area (TPSA) is 57.6 Å². The van der Waals surface area contributed by atoms with E-state index in [2.05, 4.69) is 0 Å². The van der Waals surface area contributed by atoms with Crippen molar-refractivity contribution < 1.29 is 13.5 Å². The van der Waals surface area contributed by atoms with Crippen molar-refractivity contribution in [1.82, 2.24) is 4.31 Å².